The van der Waals surface area contributed by atoms with Crippen molar-refractivity contribution in [2.75, 3.05) is 30.7 Å². The minimum absolute atomic E-state index is 0.0354. The molecule has 0 saturated carbocycles. The molecule has 0 unspecified atom stereocenters. The number of urea groups is 1. The standard InChI is InChI=1S/C18H17ClN6O2S/c19-12-6-15(28-9-12)23-18(27)25-4-3-24(16(26)8-25)7-11-1-2-13-14(5-11)21-10-22-17(13)20/h1-2,5-6,9-10H,3-4,7-8H2,(H,23,27)(H2,20,21,22). The van der Waals surface area contributed by atoms with Crippen molar-refractivity contribution in [2.45, 2.75) is 6.54 Å². The highest BCUT2D eigenvalue weighted by Crippen LogP contribution is 2.24. The first kappa shape index (κ1) is 18.5. The molecule has 0 bridgehead atoms. The van der Waals surface area contributed by atoms with Crippen LogP contribution in [-0.4, -0.2) is 51.3 Å². The van der Waals surface area contributed by atoms with Gasteiger partial charge < -0.3 is 15.5 Å². The summed E-state index contributed by atoms with van der Waals surface area (Å²) in [6.45, 7) is 1.41. The molecule has 3 heterocycles. The predicted molar refractivity (Wildman–Crippen MR) is 109 cm³/mol. The lowest BCUT2D eigenvalue weighted by atomic mass is 10.1. The summed E-state index contributed by atoms with van der Waals surface area (Å²) >= 11 is 7.21. The molecule has 4 rings (SSSR count). The molecule has 1 aliphatic heterocycles. The summed E-state index contributed by atoms with van der Waals surface area (Å²) < 4.78 is 0. The number of thiophene rings is 1. The second kappa shape index (κ2) is 7.61. The molecule has 10 heteroatoms. The Morgan fingerprint density at radius 2 is 2.14 bits per heavy atom. The molecular weight excluding hydrogens is 400 g/mol. The van der Waals surface area contributed by atoms with Crippen LogP contribution in [0.3, 0.4) is 0 Å². The topological polar surface area (TPSA) is 104 Å². The van der Waals surface area contributed by atoms with Crippen molar-refractivity contribution in [2.24, 2.45) is 0 Å². The van der Waals surface area contributed by atoms with Crippen LogP contribution in [-0.2, 0) is 11.3 Å². The fourth-order valence-electron chi connectivity index (χ4n) is 3.05. The third-order valence-corrected chi connectivity index (χ3v) is 5.70. The number of halogens is 1. The predicted octanol–water partition coefficient (Wildman–Crippen LogP) is 2.80. The maximum atomic E-state index is 12.5. The van der Waals surface area contributed by atoms with E-state index >= 15 is 0 Å². The highest BCUT2D eigenvalue weighted by molar-refractivity contribution is 7.14. The summed E-state index contributed by atoms with van der Waals surface area (Å²) in [5, 5.41) is 6.52. The largest absolute Gasteiger partial charge is 0.383 e. The van der Waals surface area contributed by atoms with E-state index in [1.54, 1.807) is 16.3 Å². The Hall–Kier alpha value is -2.91. The molecule has 144 valence electrons. The van der Waals surface area contributed by atoms with Gasteiger partial charge in [-0.15, -0.1) is 11.3 Å². The molecule has 3 N–H and O–H groups in total. The number of hydrogen-bond acceptors (Lipinski definition) is 6. The Morgan fingerprint density at radius 1 is 1.29 bits per heavy atom. The zero-order chi connectivity index (χ0) is 19.7. The zero-order valence-corrected chi connectivity index (χ0v) is 16.3. The van der Waals surface area contributed by atoms with Crippen LogP contribution in [0.15, 0.2) is 36.0 Å². The van der Waals surface area contributed by atoms with E-state index < -0.39 is 0 Å². The Labute approximate surface area is 169 Å². The number of benzene rings is 1. The fourth-order valence-corrected chi connectivity index (χ4v) is 4.01. The summed E-state index contributed by atoms with van der Waals surface area (Å²) in [6.07, 6.45) is 1.42. The maximum absolute atomic E-state index is 12.5. The Balaban J connectivity index is 1.39. The molecule has 3 amide bonds. The summed E-state index contributed by atoms with van der Waals surface area (Å²) in [7, 11) is 0. The smallest absolute Gasteiger partial charge is 0.322 e. The number of fused-ring (bicyclic) bond motifs is 1. The summed E-state index contributed by atoms with van der Waals surface area (Å²) in [6, 6.07) is 7.05. The van der Waals surface area contributed by atoms with Crippen molar-refractivity contribution >= 4 is 56.6 Å². The highest BCUT2D eigenvalue weighted by Gasteiger charge is 2.27. The van der Waals surface area contributed by atoms with Crippen LogP contribution in [0.5, 0.6) is 0 Å². The third kappa shape index (κ3) is 3.85. The van der Waals surface area contributed by atoms with E-state index in [9.17, 15) is 9.59 Å². The first-order chi connectivity index (χ1) is 13.5. The van der Waals surface area contributed by atoms with Crippen LogP contribution >= 0.6 is 22.9 Å². The Morgan fingerprint density at radius 3 is 2.89 bits per heavy atom. The molecular formula is C18H17ClN6O2S. The van der Waals surface area contributed by atoms with Crippen molar-refractivity contribution in [3.8, 4) is 0 Å². The number of amides is 3. The number of nitrogen functional groups attached to an aromatic ring is 1. The highest BCUT2D eigenvalue weighted by atomic mass is 35.5. The number of nitrogens with one attached hydrogen (secondary N) is 1. The second-order valence-electron chi connectivity index (χ2n) is 6.41. The lowest BCUT2D eigenvalue weighted by Gasteiger charge is -2.34. The van der Waals surface area contributed by atoms with E-state index in [1.807, 2.05) is 18.2 Å². The van der Waals surface area contributed by atoms with Gasteiger partial charge in [0.2, 0.25) is 5.91 Å². The molecule has 1 aliphatic rings. The lowest BCUT2D eigenvalue weighted by Crippen LogP contribution is -2.52. The molecule has 2 aromatic heterocycles. The van der Waals surface area contributed by atoms with Gasteiger partial charge in [-0.05, 0) is 23.8 Å². The minimum atomic E-state index is -0.301. The van der Waals surface area contributed by atoms with E-state index in [0.29, 0.717) is 35.5 Å². The molecule has 3 aromatic rings. The van der Waals surface area contributed by atoms with Gasteiger partial charge in [-0.25, -0.2) is 14.8 Å². The number of aromatic nitrogens is 2. The van der Waals surface area contributed by atoms with Crippen LogP contribution in [0.25, 0.3) is 10.9 Å². The Bertz CT molecular complexity index is 1060. The van der Waals surface area contributed by atoms with Gasteiger partial charge in [0.15, 0.2) is 0 Å². The van der Waals surface area contributed by atoms with Gasteiger partial charge in [0.05, 0.1) is 15.5 Å². The molecule has 0 aliphatic carbocycles. The van der Waals surface area contributed by atoms with Crippen molar-refractivity contribution in [1.29, 1.82) is 0 Å². The van der Waals surface area contributed by atoms with Crippen LogP contribution in [0.1, 0.15) is 5.56 Å². The average molecular weight is 417 g/mol. The van der Waals surface area contributed by atoms with Crippen LogP contribution < -0.4 is 11.1 Å². The van der Waals surface area contributed by atoms with Crippen molar-refractivity contribution in [3.63, 3.8) is 0 Å². The third-order valence-electron chi connectivity index (χ3n) is 4.51. The van der Waals surface area contributed by atoms with Crippen molar-refractivity contribution in [3.05, 3.63) is 46.6 Å². The van der Waals surface area contributed by atoms with E-state index in [1.165, 1.54) is 22.6 Å². The number of carbonyl (C=O) groups is 2. The van der Waals surface area contributed by atoms with Gasteiger partial charge in [-0.3, -0.25) is 10.1 Å². The summed E-state index contributed by atoms with van der Waals surface area (Å²) in [4.78, 5) is 36.3. The first-order valence-corrected chi connectivity index (χ1v) is 9.82. The molecule has 0 atom stereocenters. The number of nitrogens with zero attached hydrogens (tertiary/aromatic N) is 4. The van der Waals surface area contributed by atoms with Crippen LogP contribution in [0.4, 0.5) is 15.6 Å². The van der Waals surface area contributed by atoms with E-state index in [-0.39, 0.29) is 18.5 Å². The van der Waals surface area contributed by atoms with Crippen LogP contribution in [0.2, 0.25) is 5.02 Å². The molecule has 1 saturated heterocycles. The molecule has 8 nitrogen and oxygen atoms in total. The van der Waals surface area contributed by atoms with Crippen molar-refractivity contribution in [1.82, 2.24) is 19.8 Å². The van der Waals surface area contributed by atoms with Gasteiger partial charge >= 0.3 is 6.03 Å². The van der Waals surface area contributed by atoms with E-state index in [4.69, 9.17) is 17.3 Å². The SMILES string of the molecule is Nc1ncnc2cc(CN3CCN(C(=O)Nc4cc(Cl)cs4)CC3=O)ccc12. The van der Waals surface area contributed by atoms with E-state index in [0.717, 1.165) is 16.5 Å². The molecule has 0 radical (unpaired) electrons. The van der Waals surface area contributed by atoms with Crippen LogP contribution in [0, 0.1) is 0 Å². The molecule has 0 spiro atoms. The zero-order valence-electron chi connectivity index (χ0n) is 14.8. The summed E-state index contributed by atoms with van der Waals surface area (Å²) in [5.74, 6) is 0.326. The quantitative estimate of drug-likeness (QED) is 0.683. The van der Waals surface area contributed by atoms with Gasteiger partial charge in [-0.1, -0.05) is 17.7 Å². The maximum Gasteiger partial charge on any atom is 0.322 e. The van der Waals surface area contributed by atoms with Crippen molar-refractivity contribution < 1.29 is 9.59 Å². The fraction of sp³-hybridized carbons (Fsp3) is 0.222. The average Bonchev–Trinajstić information content (AvgIpc) is 3.08. The second-order valence-corrected chi connectivity index (χ2v) is 7.75. The van der Waals surface area contributed by atoms with Gasteiger partial charge in [0.1, 0.15) is 18.7 Å². The number of carbonyl (C=O) groups excluding carboxylic acids is 2. The monoisotopic (exact) mass is 416 g/mol. The van der Waals surface area contributed by atoms with Gasteiger partial charge in [0, 0.05) is 30.4 Å². The normalized spacial score (nSPS) is 14.5. The molecule has 1 fully saturated rings. The van der Waals surface area contributed by atoms with Gasteiger partial charge in [0.25, 0.3) is 0 Å². The lowest BCUT2D eigenvalue weighted by molar-refractivity contribution is -0.135. The number of rotatable bonds is 3. The Kier molecular flexibility index (Phi) is 5.01. The first-order valence-electron chi connectivity index (χ1n) is 8.56. The van der Waals surface area contributed by atoms with Gasteiger partial charge in [-0.2, -0.15) is 0 Å². The number of hydrogen-bond donors (Lipinski definition) is 2. The number of anilines is 2. The van der Waals surface area contributed by atoms with E-state index in [2.05, 4.69) is 15.3 Å². The molecule has 28 heavy (non-hydrogen) atoms. The number of nitrogens with two attached hydrogens (primary N) is 1. The molecule has 1 aromatic carbocycles. The minimum Gasteiger partial charge on any atom is -0.383 e. The summed E-state index contributed by atoms with van der Waals surface area (Å²) in [5.41, 5.74) is 7.54. The number of piperazine rings is 1.